The molecule has 1 aliphatic rings. The zero-order valence-electron chi connectivity index (χ0n) is 17.3. The summed E-state index contributed by atoms with van der Waals surface area (Å²) in [4.78, 5) is 23.4. The van der Waals surface area contributed by atoms with E-state index in [-0.39, 0.29) is 12.0 Å². The third kappa shape index (κ3) is 4.65. The van der Waals surface area contributed by atoms with Gasteiger partial charge in [-0.1, -0.05) is 6.07 Å². The molecule has 30 heavy (non-hydrogen) atoms. The molecular formula is C22H26N6O2. The van der Waals surface area contributed by atoms with Crippen LogP contribution in [0.1, 0.15) is 35.2 Å². The van der Waals surface area contributed by atoms with Crippen LogP contribution < -0.4 is 5.32 Å². The minimum absolute atomic E-state index is 0.136. The van der Waals surface area contributed by atoms with Gasteiger partial charge in [0.15, 0.2) is 0 Å². The van der Waals surface area contributed by atoms with Crippen molar-refractivity contribution in [3.05, 3.63) is 65.4 Å². The molecule has 0 aromatic carbocycles. The van der Waals surface area contributed by atoms with Crippen LogP contribution in [0.5, 0.6) is 0 Å². The van der Waals surface area contributed by atoms with Crippen molar-refractivity contribution in [3.8, 4) is 0 Å². The second-order valence-electron chi connectivity index (χ2n) is 7.42. The quantitative estimate of drug-likeness (QED) is 0.653. The Hall–Kier alpha value is -3.26. The van der Waals surface area contributed by atoms with Crippen LogP contribution in [0.4, 0.5) is 11.5 Å². The van der Waals surface area contributed by atoms with Gasteiger partial charge in [0.05, 0.1) is 36.4 Å². The van der Waals surface area contributed by atoms with Crippen molar-refractivity contribution in [1.82, 2.24) is 25.1 Å². The largest absolute Gasteiger partial charge is 0.368 e. The second-order valence-corrected chi connectivity index (χ2v) is 7.42. The fourth-order valence-electron chi connectivity index (χ4n) is 3.64. The van der Waals surface area contributed by atoms with E-state index in [4.69, 9.17) is 4.74 Å². The molecule has 2 N–H and O–H groups in total. The number of amides is 1. The fourth-order valence-corrected chi connectivity index (χ4v) is 3.64. The summed E-state index contributed by atoms with van der Waals surface area (Å²) < 4.78 is 5.89. The summed E-state index contributed by atoms with van der Waals surface area (Å²) in [6.45, 7) is 5.59. The van der Waals surface area contributed by atoms with Gasteiger partial charge in [0.1, 0.15) is 11.9 Å². The van der Waals surface area contributed by atoms with E-state index in [1.165, 1.54) is 0 Å². The van der Waals surface area contributed by atoms with Gasteiger partial charge in [0, 0.05) is 24.9 Å². The Balaban J connectivity index is 1.34. The molecule has 0 radical (unpaired) electrons. The molecule has 0 saturated carbocycles. The first kappa shape index (κ1) is 20.0. The summed E-state index contributed by atoms with van der Waals surface area (Å²) in [5, 5.41) is 10.4. The summed E-state index contributed by atoms with van der Waals surface area (Å²) >= 11 is 0. The Morgan fingerprint density at radius 2 is 2.17 bits per heavy atom. The molecule has 3 aromatic heterocycles. The first-order chi connectivity index (χ1) is 14.6. The maximum absolute atomic E-state index is 12.8. The van der Waals surface area contributed by atoms with Gasteiger partial charge in [-0.05, 0) is 50.1 Å². The summed E-state index contributed by atoms with van der Waals surface area (Å²) in [5.74, 6) is 0.901. The van der Waals surface area contributed by atoms with E-state index in [2.05, 4.69) is 25.5 Å². The molecule has 0 bridgehead atoms. The van der Waals surface area contributed by atoms with Crippen LogP contribution >= 0.6 is 0 Å². The topological polar surface area (TPSA) is 96.0 Å². The number of pyridine rings is 2. The maximum Gasteiger partial charge on any atom is 0.223 e. The predicted molar refractivity (Wildman–Crippen MR) is 113 cm³/mol. The van der Waals surface area contributed by atoms with Crippen molar-refractivity contribution in [2.75, 3.05) is 25.0 Å². The monoisotopic (exact) mass is 406 g/mol. The van der Waals surface area contributed by atoms with E-state index in [0.29, 0.717) is 32.5 Å². The molecular weight excluding hydrogens is 380 g/mol. The van der Waals surface area contributed by atoms with Crippen LogP contribution in [0, 0.1) is 13.8 Å². The fraction of sp³-hybridized carbons (Fsp3) is 0.364. The Morgan fingerprint density at radius 3 is 2.87 bits per heavy atom. The highest BCUT2D eigenvalue weighted by atomic mass is 16.5. The lowest BCUT2D eigenvalue weighted by Crippen LogP contribution is -2.42. The molecule has 1 saturated heterocycles. The number of morpholine rings is 1. The van der Waals surface area contributed by atoms with E-state index in [0.717, 1.165) is 34.2 Å². The van der Waals surface area contributed by atoms with E-state index in [1.54, 1.807) is 12.4 Å². The number of ether oxygens (including phenoxy) is 1. The molecule has 4 rings (SSSR count). The van der Waals surface area contributed by atoms with Gasteiger partial charge in [-0.3, -0.25) is 14.9 Å². The molecule has 8 heteroatoms. The highest BCUT2D eigenvalue weighted by molar-refractivity contribution is 5.76. The van der Waals surface area contributed by atoms with Crippen molar-refractivity contribution < 1.29 is 9.53 Å². The Bertz CT molecular complexity index is 967. The molecule has 1 fully saturated rings. The Kier molecular flexibility index (Phi) is 6.04. The smallest absolute Gasteiger partial charge is 0.223 e. The first-order valence-electron chi connectivity index (χ1n) is 10.1. The van der Waals surface area contributed by atoms with Crippen molar-refractivity contribution >= 4 is 17.4 Å². The summed E-state index contributed by atoms with van der Waals surface area (Å²) in [7, 11) is 0. The number of aryl methyl sites for hydroxylation is 2. The minimum Gasteiger partial charge on any atom is -0.368 e. The number of carbonyl (C=O) groups excluding carboxylic acids is 1. The van der Waals surface area contributed by atoms with Gasteiger partial charge >= 0.3 is 0 Å². The average Bonchev–Trinajstić information content (AvgIpc) is 3.10. The molecule has 0 aliphatic carbocycles. The molecule has 156 valence electrons. The predicted octanol–water partition coefficient (Wildman–Crippen LogP) is 3.09. The van der Waals surface area contributed by atoms with Crippen LogP contribution in [-0.2, 0) is 16.0 Å². The zero-order valence-corrected chi connectivity index (χ0v) is 17.3. The van der Waals surface area contributed by atoms with Crippen molar-refractivity contribution in [2.24, 2.45) is 0 Å². The number of rotatable bonds is 6. The SMILES string of the molecule is Cc1n[nH]c(C)c1CCC(=O)N1CCO[C@H](c2ccc(Nc3ccccn3)cn2)C1. The van der Waals surface area contributed by atoms with Crippen LogP contribution in [0.15, 0.2) is 42.7 Å². The Morgan fingerprint density at radius 1 is 1.27 bits per heavy atom. The number of nitrogens with one attached hydrogen (secondary N) is 2. The highest BCUT2D eigenvalue weighted by Crippen LogP contribution is 2.23. The summed E-state index contributed by atoms with van der Waals surface area (Å²) in [6.07, 6.45) is 4.44. The van der Waals surface area contributed by atoms with Crippen molar-refractivity contribution in [2.45, 2.75) is 32.8 Å². The van der Waals surface area contributed by atoms with E-state index in [1.807, 2.05) is 49.1 Å². The molecule has 3 aromatic rings. The van der Waals surface area contributed by atoms with Gasteiger partial charge in [-0.2, -0.15) is 5.10 Å². The highest BCUT2D eigenvalue weighted by Gasteiger charge is 2.26. The number of hydrogen-bond acceptors (Lipinski definition) is 6. The van der Waals surface area contributed by atoms with Crippen LogP contribution in [0.25, 0.3) is 0 Å². The van der Waals surface area contributed by atoms with E-state index in [9.17, 15) is 4.79 Å². The van der Waals surface area contributed by atoms with Gasteiger partial charge in [-0.15, -0.1) is 0 Å². The van der Waals surface area contributed by atoms with Crippen LogP contribution in [0.3, 0.4) is 0 Å². The first-order valence-corrected chi connectivity index (χ1v) is 10.1. The van der Waals surface area contributed by atoms with E-state index >= 15 is 0 Å². The summed E-state index contributed by atoms with van der Waals surface area (Å²) in [5.41, 5.74) is 4.80. The second kappa shape index (κ2) is 9.04. The average molecular weight is 406 g/mol. The number of H-pyrrole nitrogens is 1. The molecule has 4 heterocycles. The molecule has 1 atom stereocenters. The molecule has 0 unspecified atom stereocenters. The molecule has 0 spiro atoms. The number of hydrogen-bond donors (Lipinski definition) is 2. The lowest BCUT2D eigenvalue weighted by molar-refractivity contribution is -0.139. The zero-order chi connectivity index (χ0) is 20.9. The number of aromatic nitrogens is 4. The number of anilines is 2. The molecule has 1 aliphatic heterocycles. The van der Waals surface area contributed by atoms with Gasteiger partial charge in [-0.25, -0.2) is 4.98 Å². The Labute approximate surface area is 175 Å². The minimum atomic E-state index is -0.219. The van der Waals surface area contributed by atoms with Crippen LogP contribution in [0.2, 0.25) is 0 Å². The molecule has 1 amide bonds. The van der Waals surface area contributed by atoms with Gasteiger partial charge in [0.25, 0.3) is 0 Å². The lowest BCUT2D eigenvalue weighted by atomic mass is 10.1. The standard InChI is InChI=1S/C22H26N6O2/c1-15-18(16(2)27-26-15)7-9-22(29)28-11-12-30-20(14-28)19-8-6-17(13-24-19)25-21-5-3-4-10-23-21/h3-6,8,10,13,20H,7,9,11-12,14H2,1-2H3,(H,23,25)(H,26,27)/t20-/m0/s1. The third-order valence-corrected chi connectivity index (χ3v) is 5.34. The number of aromatic amines is 1. The van der Waals surface area contributed by atoms with Crippen molar-refractivity contribution in [1.29, 1.82) is 0 Å². The maximum atomic E-state index is 12.8. The normalized spacial score (nSPS) is 16.5. The summed E-state index contributed by atoms with van der Waals surface area (Å²) in [6, 6.07) is 9.58. The molecule has 8 nitrogen and oxygen atoms in total. The van der Waals surface area contributed by atoms with Gasteiger partial charge in [0.2, 0.25) is 5.91 Å². The van der Waals surface area contributed by atoms with Gasteiger partial charge < -0.3 is 15.0 Å². The van der Waals surface area contributed by atoms with Crippen LogP contribution in [-0.4, -0.2) is 50.7 Å². The number of carbonyl (C=O) groups is 1. The van der Waals surface area contributed by atoms with E-state index < -0.39 is 0 Å². The third-order valence-electron chi connectivity index (χ3n) is 5.34. The number of nitrogens with zero attached hydrogens (tertiary/aromatic N) is 4. The van der Waals surface area contributed by atoms with Crippen molar-refractivity contribution in [3.63, 3.8) is 0 Å². The lowest BCUT2D eigenvalue weighted by Gasteiger charge is -2.32.